The van der Waals surface area contributed by atoms with E-state index in [1.807, 2.05) is 0 Å². The monoisotopic (exact) mass is 268 g/mol. The maximum atomic E-state index is 5.60. The summed E-state index contributed by atoms with van der Waals surface area (Å²) in [5, 5.41) is 3.78. The molecule has 2 rings (SSSR count). The van der Waals surface area contributed by atoms with Crippen LogP contribution < -0.4 is 5.32 Å². The van der Waals surface area contributed by atoms with Crippen LogP contribution in [0.4, 0.5) is 0 Å². The first-order chi connectivity index (χ1) is 9.22. The third kappa shape index (κ3) is 4.17. The third-order valence-electron chi connectivity index (χ3n) is 4.97. The van der Waals surface area contributed by atoms with Gasteiger partial charge in [-0.2, -0.15) is 0 Å². The highest BCUT2D eigenvalue weighted by atomic mass is 16.5. The van der Waals surface area contributed by atoms with Crippen LogP contribution in [0.15, 0.2) is 0 Å². The molecule has 2 aliphatic heterocycles. The zero-order valence-corrected chi connectivity index (χ0v) is 13.0. The first-order valence-electron chi connectivity index (χ1n) is 8.29. The number of nitrogens with zero attached hydrogens (tertiary/aromatic N) is 1. The molecule has 0 aromatic heterocycles. The summed E-state index contributed by atoms with van der Waals surface area (Å²) in [4.78, 5) is 2.73. The Bertz CT molecular complexity index is 243. The fraction of sp³-hybridized carbons (Fsp3) is 1.00. The molecule has 0 spiro atoms. The molecule has 112 valence electrons. The molecule has 0 aliphatic carbocycles. The van der Waals surface area contributed by atoms with Gasteiger partial charge in [0.2, 0.25) is 0 Å². The van der Waals surface area contributed by atoms with Crippen LogP contribution in [0.25, 0.3) is 0 Å². The maximum Gasteiger partial charge on any atom is 0.0510 e. The lowest BCUT2D eigenvalue weighted by atomic mass is 9.93. The van der Waals surface area contributed by atoms with Crippen molar-refractivity contribution < 1.29 is 4.74 Å². The Labute approximate surface area is 119 Å². The fourth-order valence-corrected chi connectivity index (χ4v) is 3.64. The standard InChI is InChI=1S/C16H32N2O/c1-4-9-17-16(15-8-10-19-12-15)11-18-13(2)6-5-7-14(18)3/h13-17H,4-12H2,1-3H3. The molecule has 3 heteroatoms. The molecule has 2 heterocycles. The van der Waals surface area contributed by atoms with E-state index in [4.69, 9.17) is 4.74 Å². The first-order valence-corrected chi connectivity index (χ1v) is 8.29. The molecule has 19 heavy (non-hydrogen) atoms. The summed E-state index contributed by atoms with van der Waals surface area (Å²) >= 11 is 0. The number of nitrogens with one attached hydrogen (secondary N) is 1. The molecule has 4 unspecified atom stereocenters. The highest BCUT2D eigenvalue weighted by molar-refractivity contribution is 4.87. The van der Waals surface area contributed by atoms with Crippen molar-refractivity contribution in [1.82, 2.24) is 10.2 Å². The lowest BCUT2D eigenvalue weighted by molar-refractivity contribution is 0.0773. The second-order valence-corrected chi connectivity index (χ2v) is 6.51. The van der Waals surface area contributed by atoms with E-state index in [1.165, 1.54) is 38.6 Å². The van der Waals surface area contributed by atoms with Gasteiger partial charge in [-0.25, -0.2) is 0 Å². The molecule has 0 amide bonds. The summed E-state index contributed by atoms with van der Waals surface area (Å²) in [6.45, 7) is 11.3. The van der Waals surface area contributed by atoms with Gasteiger partial charge < -0.3 is 10.1 Å². The van der Waals surface area contributed by atoms with Crippen LogP contribution in [-0.4, -0.2) is 49.3 Å². The van der Waals surface area contributed by atoms with Crippen LogP contribution in [0.1, 0.15) is 52.9 Å². The van der Waals surface area contributed by atoms with E-state index < -0.39 is 0 Å². The Hall–Kier alpha value is -0.120. The number of likely N-dealkylation sites (tertiary alicyclic amines) is 1. The Morgan fingerprint density at radius 1 is 1.21 bits per heavy atom. The molecule has 0 aromatic carbocycles. The maximum absolute atomic E-state index is 5.60. The van der Waals surface area contributed by atoms with Crippen molar-refractivity contribution >= 4 is 0 Å². The van der Waals surface area contributed by atoms with E-state index in [-0.39, 0.29) is 0 Å². The summed E-state index contributed by atoms with van der Waals surface area (Å²) in [6.07, 6.45) is 6.59. The van der Waals surface area contributed by atoms with Gasteiger partial charge in [-0.15, -0.1) is 0 Å². The van der Waals surface area contributed by atoms with Gasteiger partial charge >= 0.3 is 0 Å². The van der Waals surface area contributed by atoms with Crippen LogP contribution >= 0.6 is 0 Å². The van der Waals surface area contributed by atoms with Gasteiger partial charge in [0.25, 0.3) is 0 Å². The lowest BCUT2D eigenvalue weighted by Gasteiger charge is -2.42. The van der Waals surface area contributed by atoms with E-state index in [9.17, 15) is 0 Å². The Morgan fingerprint density at radius 2 is 1.95 bits per heavy atom. The largest absolute Gasteiger partial charge is 0.381 e. The quantitative estimate of drug-likeness (QED) is 0.801. The molecule has 4 atom stereocenters. The molecule has 3 nitrogen and oxygen atoms in total. The van der Waals surface area contributed by atoms with E-state index in [1.54, 1.807) is 0 Å². The van der Waals surface area contributed by atoms with Crippen molar-refractivity contribution in [3.63, 3.8) is 0 Å². The average molecular weight is 268 g/mol. The third-order valence-corrected chi connectivity index (χ3v) is 4.97. The SMILES string of the molecule is CCCNC(CN1C(C)CCCC1C)C1CCOC1. The van der Waals surface area contributed by atoms with Crippen LogP contribution in [0.3, 0.4) is 0 Å². The molecular formula is C16H32N2O. The summed E-state index contributed by atoms with van der Waals surface area (Å²) in [6, 6.07) is 2.11. The molecule has 0 bridgehead atoms. The van der Waals surface area contributed by atoms with Crippen LogP contribution in [0, 0.1) is 5.92 Å². The summed E-state index contributed by atoms with van der Waals surface area (Å²) in [5.74, 6) is 0.716. The molecule has 2 saturated heterocycles. The Balaban J connectivity index is 1.93. The molecule has 2 aliphatic rings. The van der Waals surface area contributed by atoms with Crippen molar-refractivity contribution in [3.8, 4) is 0 Å². The van der Waals surface area contributed by atoms with Crippen molar-refractivity contribution in [3.05, 3.63) is 0 Å². The van der Waals surface area contributed by atoms with Crippen molar-refractivity contribution in [1.29, 1.82) is 0 Å². The average Bonchev–Trinajstić information content (AvgIpc) is 2.91. The van der Waals surface area contributed by atoms with E-state index in [0.29, 0.717) is 12.0 Å². The van der Waals surface area contributed by atoms with Gasteiger partial charge in [0, 0.05) is 37.2 Å². The normalized spacial score (nSPS) is 34.6. The molecule has 2 fully saturated rings. The van der Waals surface area contributed by atoms with Gasteiger partial charge in [0.1, 0.15) is 0 Å². The Kier molecular flexibility index (Phi) is 6.11. The highest BCUT2D eigenvalue weighted by Gasteiger charge is 2.31. The van der Waals surface area contributed by atoms with Crippen LogP contribution in [-0.2, 0) is 4.74 Å². The smallest absolute Gasteiger partial charge is 0.0510 e. The summed E-state index contributed by atoms with van der Waals surface area (Å²) in [5.41, 5.74) is 0. The number of ether oxygens (including phenoxy) is 1. The molecule has 0 aromatic rings. The van der Waals surface area contributed by atoms with Crippen molar-refractivity contribution in [2.24, 2.45) is 5.92 Å². The molecule has 1 N–H and O–H groups in total. The number of piperidine rings is 1. The van der Waals surface area contributed by atoms with Crippen molar-refractivity contribution in [2.75, 3.05) is 26.3 Å². The highest BCUT2D eigenvalue weighted by Crippen LogP contribution is 2.25. The molecule has 0 saturated carbocycles. The zero-order valence-electron chi connectivity index (χ0n) is 13.0. The second-order valence-electron chi connectivity index (χ2n) is 6.51. The minimum atomic E-state index is 0.616. The predicted molar refractivity (Wildman–Crippen MR) is 80.5 cm³/mol. The topological polar surface area (TPSA) is 24.5 Å². The first kappa shape index (κ1) is 15.3. The van der Waals surface area contributed by atoms with E-state index >= 15 is 0 Å². The van der Waals surface area contributed by atoms with E-state index in [0.717, 1.165) is 31.8 Å². The number of hydrogen-bond donors (Lipinski definition) is 1. The van der Waals surface area contributed by atoms with Crippen LogP contribution in [0.2, 0.25) is 0 Å². The summed E-state index contributed by atoms with van der Waals surface area (Å²) in [7, 11) is 0. The van der Waals surface area contributed by atoms with Gasteiger partial charge in [-0.1, -0.05) is 13.3 Å². The van der Waals surface area contributed by atoms with Gasteiger partial charge in [0.05, 0.1) is 6.61 Å². The van der Waals surface area contributed by atoms with Crippen LogP contribution in [0.5, 0.6) is 0 Å². The van der Waals surface area contributed by atoms with Gasteiger partial charge in [0.15, 0.2) is 0 Å². The minimum Gasteiger partial charge on any atom is -0.381 e. The predicted octanol–water partition coefficient (Wildman–Crippen LogP) is 2.65. The number of hydrogen-bond acceptors (Lipinski definition) is 3. The van der Waals surface area contributed by atoms with E-state index in [2.05, 4.69) is 31.0 Å². The zero-order chi connectivity index (χ0) is 13.7. The van der Waals surface area contributed by atoms with Crippen molar-refractivity contribution in [2.45, 2.75) is 71.0 Å². The Morgan fingerprint density at radius 3 is 2.53 bits per heavy atom. The fourth-order valence-electron chi connectivity index (χ4n) is 3.64. The molecular weight excluding hydrogens is 236 g/mol. The van der Waals surface area contributed by atoms with Gasteiger partial charge in [-0.3, -0.25) is 4.90 Å². The molecule has 0 radical (unpaired) electrons. The second kappa shape index (κ2) is 7.61. The minimum absolute atomic E-state index is 0.616. The lowest BCUT2D eigenvalue weighted by Crippen LogP contribution is -2.53. The van der Waals surface area contributed by atoms with Gasteiger partial charge in [-0.05, 0) is 46.1 Å². The summed E-state index contributed by atoms with van der Waals surface area (Å²) < 4.78 is 5.60. The number of rotatable bonds is 6.